The van der Waals surface area contributed by atoms with Crippen molar-refractivity contribution in [3.63, 3.8) is 0 Å². The molecule has 27 heavy (non-hydrogen) atoms. The van der Waals surface area contributed by atoms with Crippen molar-refractivity contribution in [2.45, 2.75) is 32.7 Å². The van der Waals surface area contributed by atoms with Crippen LogP contribution in [0.1, 0.15) is 37.0 Å². The number of amides is 1. The molecule has 1 aliphatic rings. The number of primary amides is 1. The summed E-state index contributed by atoms with van der Waals surface area (Å²) in [5.41, 5.74) is 8.88. The molecule has 1 fully saturated rings. The van der Waals surface area contributed by atoms with Crippen molar-refractivity contribution in [3.8, 4) is 11.1 Å². The number of fused-ring (bicyclic) bond motifs is 1. The first kappa shape index (κ1) is 17.3. The molecule has 3 N–H and O–H groups in total. The van der Waals surface area contributed by atoms with Gasteiger partial charge in [0, 0.05) is 29.6 Å². The maximum atomic E-state index is 12.2. The summed E-state index contributed by atoms with van der Waals surface area (Å²) in [6, 6.07) is 11.9. The van der Waals surface area contributed by atoms with Crippen LogP contribution in [-0.2, 0) is 4.79 Å². The number of nitrogens with zero attached hydrogens (tertiary/aromatic N) is 2. The highest BCUT2D eigenvalue weighted by Gasteiger charge is 2.42. The average molecular weight is 362 g/mol. The number of benzene rings is 1. The third-order valence-corrected chi connectivity index (χ3v) is 5.58. The van der Waals surface area contributed by atoms with Gasteiger partial charge in [-0.15, -0.1) is 0 Å². The SMILES string of the molecule is CC1(C)C(=O)CCC1Nc1c(C(N)=O)cnn2cc(-c3ccccc3)cc12. The fraction of sp³-hybridized carbons (Fsp3) is 0.286. The van der Waals surface area contributed by atoms with E-state index < -0.39 is 11.3 Å². The number of carbonyl (C=O) groups excluding carboxylic acids is 2. The molecular weight excluding hydrogens is 340 g/mol. The van der Waals surface area contributed by atoms with Gasteiger partial charge in [0.05, 0.1) is 23.0 Å². The summed E-state index contributed by atoms with van der Waals surface area (Å²) in [4.78, 5) is 24.2. The van der Waals surface area contributed by atoms with Gasteiger partial charge >= 0.3 is 0 Å². The minimum absolute atomic E-state index is 0.0654. The number of hydrogen-bond acceptors (Lipinski definition) is 4. The highest BCUT2D eigenvalue weighted by Crippen LogP contribution is 2.38. The van der Waals surface area contributed by atoms with E-state index in [0.717, 1.165) is 23.1 Å². The summed E-state index contributed by atoms with van der Waals surface area (Å²) in [5, 5.41) is 7.78. The number of nitrogens with two attached hydrogens (primary N) is 1. The molecule has 138 valence electrons. The zero-order valence-electron chi connectivity index (χ0n) is 15.4. The van der Waals surface area contributed by atoms with Gasteiger partial charge in [-0.25, -0.2) is 4.52 Å². The zero-order valence-corrected chi connectivity index (χ0v) is 15.4. The average Bonchev–Trinajstić information content (AvgIpc) is 3.19. The van der Waals surface area contributed by atoms with Crippen molar-refractivity contribution >= 4 is 22.9 Å². The largest absolute Gasteiger partial charge is 0.379 e. The molecule has 1 saturated carbocycles. The number of nitrogens with one attached hydrogen (secondary N) is 1. The summed E-state index contributed by atoms with van der Waals surface area (Å²) < 4.78 is 1.74. The van der Waals surface area contributed by atoms with Gasteiger partial charge in [-0.3, -0.25) is 9.59 Å². The van der Waals surface area contributed by atoms with E-state index in [4.69, 9.17) is 5.73 Å². The molecule has 0 radical (unpaired) electrons. The Morgan fingerprint density at radius 3 is 2.63 bits per heavy atom. The van der Waals surface area contributed by atoms with Gasteiger partial charge in [0.1, 0.15) is 5.78 Å². The molecule has 6 nitrogen and oxygen atoms in total. The Hall–Kier alpha value is -3.15. The standard InChI is InChI=1S/C21H22N4O2/c1-21(2)17(8-9-18(21)26)24-19-15(20(22)27)11-23-25-12-14(10-16(19)25)13-6-4-3-5-7-13/h3-7,10-12,17,24H,8-9H2,1-2H3,(H2,22,27). The summed E-state index contributed by atoms with van der Waals surface area (Å²) in [5.74, 6) is -0.317. The van der Waals surface area contributed by atoms with E-state index in [0.29, 0.717) is 17.7 Å². The number of aromatic nitrogens is 2. The molecule has 1 amide bonds. The Labute approximate surface area is 157 Å². The zero-order chi connectivity index (χ0) is 19.2. The second-order valence-corrected chi connectivity index (χ2v) is 7.60. The topological polar surface area (TPSA) is 89.5 Å². The van der Waals surface area contributed by atoms with Gasteiger partial charge in [-0.2, -0.15) is 5.10 Å². The molecule has 1 aliphatic carbocycles. The normalized spacial score (nSPS) is 18.7. The van der Waals surface area contributed by atoms with E-state index in [9.17, 15) is 9.59 Å². The summed E-state index contributed by atoms with van der Waals surface area (Å²) in [7, 11) is 0. The van der Waals surface area contributed by atoms with Crippen LogP contribution < -0.4 is 11.1 Å². The lowest BCUT2D eigenvalue weighted by Gasteiger charge is -2.28. The quantitative estimate of drug-likeness (QED) is 0.745. The highest BCUT2D eigenvalue weighted by atomic mass is 16.1. The van der Waals surface area contributed by atoms with Crippen molar-refractivity contribution in [2.75, 3.05) is 5.32 Å². The fourth-order valence-corrected chi connectivity index (χ4v) is 3.76. The van der Waals surface area contributed by atoms with Gasteiger partial charge in [0.25, 0.3) is 5.91 Å². The molecular formula is C21H22N4O2. The molecule has 3 aromatic rings. The summed E-state index contributed by atoms with van der Waals surface area (Å²) in [6.07, 6.45) is 4.67. The third-order valence-electron chi connectivity index (χ3n) is 5.58. The summed E-state index contributed by atoms with van der Waals surface area (Å²) in [6.45, 7) is 3.88. The van der Waals surface area contributed by atoms with Crippen LogP contribution in [0.25, 0.3) is 16.6 Å². The number of Topliss-reactive ketones (excluding diaryl/α,β-unsaturated/α-hetero) is 1. The van der Waals surface area contributed by atoms with Crippen LogP contribution in [0, 0.1) is 5.41 Å². The lowest BCUT2D eigenvalue weighted by molar-refractivity contribution is -0.124. The van der Waals surface area contributed by atoms with Crippen LogP contribution in [0.3, 0.4) is 0 Å². The van der Waals surface area contributed by atoms with Gasteiger partial charge in [-0.05, 0) is 18.1 Å². The van der Waals surface area contributed by atoms with E-state index >= 15 is 0 Å². The van der Waals surface area contributed by atoms with Crippen LogP contribution in [-0.4, -0.2) is 27.3 Å². The fourth-order valence-electron chi connectivity index (χ4n) is 3.76. The van der Waals surface area contributed by atoms with E-state index in [2.05, 4.69) is 10.4 Å². The highest BCUT2D eigenvalue weighted by molar-refractivity contribution is 6.02. The van der Waals surface area contributed by atoms with Crippen LogP contribution in [0.2, 0.25) is 0 Å². The first-order valence-corrected chi connectivity index (χ1v) is 9.04. The van der Waals surface area contributed by atoms with Crippen molar-refractivity contribution in [1.82, 2.24) is 9.61 Å². The first-order chi connectivity index (χ1) is 12.9. The Balaban J connectivity index is 1.84. The van der Waals surface area contributed by atoms with E-state index in [1.165, 1.54) is 6.20 Å². The van der Waals surface area contributed by atoms with Crippen molar-refractivity contribution in [2.24, 2.45) is 11.1 Å². The maximum Gasteiger partial charge on any atom is 0.252 e. The molecule has 0 spiro atoms. The second kappa shape index (κ2) is 6.23. The number of carbonyl (C=O) groups is 2. The number of ketones is 1. The molecule has 1 unspecified atom stereocenters. The Bertz CT molecular complexity index is 1040. The smallest absolute Gasteiger partial charge is 0.252 e. The monoisotopic (exact) mass is 362 g/mol. The minimum atomic E-state index is -0.544. The van der Waals surface area contributed by atoms with E-state index in [-0.39, 0.29) is 11.8 Å². The van der Waals surface area contributed by atoms with Crippen molar-refractivity contribution < 1.29 is 9.59 Å². The van der Waals surface area contributed by atoms with Gasteiger partial charge in [-0.1, -0.05) is 44.2 Å². The molecule has 4 rings (SSSR count). The van der Waals surface area contributed by atoms with Crippen molar-refractivity contribution in [1.29, 1.82) is 0 Å². The first-order valence-electron chi connectivity index (χ1n) is 9.04. The van der Waals surface area contributed by atoms with Crippen molar-refractivity contribution in [3.05, 3.63) is 54.4 Å². The molecule has 2 heterocycles. The third kappa shape index (κ3) is 2.87. The van der Waals surface area contributed by atoms with Gasteiger partial charge < -0.3 is 11.1 Å². The predicted molar refractivity (Wildman–Crippen MR) is 105 cm³/mol. The molecule has 2 aromatic heterocycles. The minimum Gasteiger partial charge on any atom is -0.379 e. The summed E-state index contributed by atoms with van der Waals surface area (Å²) >= 11 is 0. The Morgan fingerprint density at radius 1 is 1.26 bits per heavy atom. The van der Waals surface area contributed by atoms with Gasteiger partial charge in [0.15, 0.2) is 0 Å². The molecule has 0 aliphatic heterocycles. The van der Waals surface area contributed by atoms with E-state index in [1.807, 2.05) is 56.4 Å². The second-order valence-electron chi connectivity index (χ2n) is 7.60. The number of rotatable bonds is 4. The molecule has 1 atom stereocenters. The number of hydrogen-bond donors (Lipinski definition) is 2. The predicted octanol–water partition coefficient (Wildman–Crippen LogP) is 3.27. The molecule has 1 aromatic carbocycles. The van der Waals surface area contributed by atoms with Crippen LogP contribution >= 0.6 is 0 Å². The van der Waals surface area contributed by atoms with Crippen LogP contribution in [0.4, 0.5) is 5.69 Å². The van der Waals surface area contributed by atoms with Crippen LogP contribution in [0.5, 0.6) is 0 Å². The van der Waals surface area contributed by atoms with Gasteiger partial charge in [0.2, 0.25) is 0 Å². The van der Waals surface area contributed by atoms with E-state index in [1.54, 1.807) is 4.52 Å². The lowest BCUT2D eigenvalue weighted by Crippen LogP contribution is -2.36. The Kier molecular flexibility index (Phi) is 3.98. The van der Waals surface area contributed by atoms with Crippen LogP contribution in [0.15, 0.2) is 48.8 Å². The maximum absolute atomic E-state index is 12.2. The lowest BCUT2D eigenvalue weighted by atomic mass is 9.86. The molecule has 0 saturated heterocycles. The molecule has 0 bridgehead atoms. The molecule has 6 heteroatoms. The number of anilines is 1. The Morgan fingerprint density at radius 2 is 2.00 bits per heavy atom.